The zero-order valence-corrected chi connectivity index (χ0v) is 15.1. The van der Waals surface area contributed by atoms with Gasteiger partial charge in [0.1, 0.15) is 0 Å². The number of halogens is 4. The van der Waals surface area contributed by atoms with Crippen molar-refractivity contribution in [2.24, 2.45) is 21.0 Å². The average molecular weight is 403 g/mol. The second-order valence-corrected chi connectivity index (χ2v) is 6.12. The first-order valence-electron chi connectivity index (χ1n) is 6.51. The molecule has 0 saturated heterocycles. The number of nitrogens with zero attached hydrogens (tertiary/aromatic N) is 3. The van der Waals surface area contributed by atoms with Gasteiger partial charge in [0.25, 0.3) is 0 Å². The molecule has 0 aliphatic rings. The number of benzene rings is 2. The maximum atomic E-state index is 6.01. The molecule has 0 aromatic heterocycles. The Hall–Kier alpha value is -1.79. The van der Waals surface area contributed by atoms with E-state index in [2.05, 4.69) is 20.7 Å². The summed E-state index contributed by atoms with van der Waals surface area (Å²) in [5, 5.41) is 13.5. The first-order chi connectivity index (χ1) is 11.5. The molecule has 2 rings (SSSR count). The lowest BCUT2D eigenvalue weighted by molar-refractivity contribution is 0.994. The van der Waals surface area contributed by atoms with E-state index in [1.807, 2.05) is 0 Å². The molecule has 3 N–H and O–H groups in total. The molecule has 0 atom stereocenters. The van der Waals surface area contributed by atoms with Gasteiger partial charge in [-0.05, 0) is 24.3 Å². The summed E-state index contributed by atoms with van der Waals surface area (Å²) in [6.07, 6.45) is 2.94. The van der Waals surface area contributed by atoms with Gasteiger partial charge in [-0.3, -0.25) is 0 Å². The lowest BCUT2D eigenvalue weighted by Crippen LogP contribution is -2.26. The van der Waals surface area contributed by atoms with Gasteiger partial charge >= 0.3 is 0 Å². The highest BCUT2D eigenvalue weighted by Gasteiger charge is 1.99. The SMILES string of the molecule is NC(=N/N=C/c1ccc(Cl)cc1Cl)N/N=C/c1ccc(Cl)cc1Cl. The van der Waals surface area contributed by atoms with Crippen LogP contribution >= 0.6 is 46.4 Å². The number of nitrogens with one attached hydrogen (secondary N) is 1. The molecule has 0 heterocycles. The van der Waals surface area contributed by atoms with E-state index in [1.54, 1.807) is 36.4 Å². The second kappa shape index (κ2) is 8.89. The first-order valence-corrected chi connectivity index (χ1v) is 8.02. The van der Waals surface area contributed by atoms with E-state index >= 15 is 0 Å². The largest absolute Gasteiger partial charge is 0.367 e. The smallest absolute Gasteiger partial charge is 0.234 e. The van der Waals surface area contributed by atoms with Crippen molar-refractivity contribution in [3.05, 3.63) is 67.6 Å². The zero-order valence-electron chi connectivity index (χ0n) is 12.0. The Morgan fingerprint density at radius 3 is 1.96 bits per heavy atom. The molecule has 2 aromatic carbocycles. The fourth-order valence-corrected chi connectivity index (χ4v) is 2.47. The fourth-order valence-electron chi connectivity index (χ4n) is 1.56. The van der Waals surface area contributed by atoms with Gasteiger partial charge in [0, 0.05) is 21.2 Å². The summed E-state index contributed by atoms with van der Waals surface area (Å²) in [7, 11) is 0. The normalized spacial score (nSPS) is 12.2. The van der Waals surface area contributed by atoms with Gasteiger partial charge in [-0.15, -0.1) is 5.10 Å². The molecule has 9 heteroatoms. The Morgan fingerprint density at radius 1 is 0.875 bits per heavy atom. The summed E-state index contributed by atoms with van der Waals surface area (Å²) < 4.78 is 0. The highest BCUT2D eigenvalue weighted by molar-refractivity contribution is 6.36. The standard InChI is InChI=1S/C15H11Cl4N5/c16-11-3-1-9(13(18)5-11)7-21-23-15(20)24-22-8-10-2-4-12(17)6-14(10)19/h1-8H,(H3,20,23,24)/b21-7+,22-8+. The third-order valence-corrected chi connectivity index (χ3v) is 3.79. The highest BCUT2D eigenvalue weighted by Crippen LogP contribution is 2.20. The number of hydrogen-bond acceptors (Lipinski definition) is 3. The van der Waals surface area contributed by atoms with Crippen molar-refractivity contribution in [3.8, 4) is 0 Å². The molecule has 0 radical (unpaired) electrons. The molecule has 0 unspecified atom stereocenters. The molecule has 0 spiro atoms. The molecular weight excluding hydrogens is 392 g/mol. The van der Waals surface area contributed by atoms with Gasteiger partial charge in [-0.25, -0.2) is 5.43 Å². The van der Waals surface area contributed by atoms with E-state index in [9.17, 15) is 0 Å². The van der Waals surface area contributed by atoms with Crippen LogP contribution in [0.15, 0.2) is 51.7 Å². The molecule has 24 heavy (non-hydrogen) atoms. The fraction of sp³-hybridized carbons (Fsp3) is 0. The Labute approximate surface area is 158 Å². The Kier molecular flexibility index (Phi) is 6.87. The highest BCUT2D eigenvalue weighted by atomic mass is 35.5. The van der Waals surface area contributed by atoms with Gasteiger partial charge in [0.2, 0.25) is 5.96 Å². The van der Waals surface area contributed by atoms with Gasteiger partial charge in [0.15, 0.2) is 0 Å². The van der Waals surface area contributed by atoms with Crippen LogP contribution in [0.5, 0.6) is 0 Å². The number of hydrazone groups is 1. The third kappa shape index (κ3) is 5.69. The summed E-state index contributed by atoms with van der Waals surface area (Å²) in [6.45, 7) is 0. The topological polar surface area (TPSA) is 75.1 Å². The van der Waals surface area contributed by atoms with Crippen LogP contribution in [-0.2, 0) is 0 Å². The Morgan fingerprint density at radius 2 is 1.42 bits per heavy atom. The molecule has 5 nitrogen and oxygen atoms in total. The van der Waals surface area contributed by atoms with Crippen molar-refractivity contribution in [1.29, 1.82) is 0 Å². The summed E-state index contributed by atoms with van der Waals surface area (Å²) in [5.74, 6) is -0.00216. The molecule has 0 amide bonds. The lowest BCUT2D eigenvalue weighted by Gasteiger charge is -1.99. The van der Waals surface area contributed by atoms with E-state index in [1.165, 1.54) is 12.4 Å². The monoisotopic (exact) mass is 401 g/mol. The third-order valence-electron chi connectivity index (χ3n) is 2.67. The van der Waals surface area contributed by atoms with Gasteiger partial charge in [-0.2, -0.15) is 10.2 Å². The summed E-state index contributed by atoms with van der Waals surface area (Å²) in [4.78, 5) is 0. The number of guanidine groups is 1. The van der Waals surface area contributed by atoms with Crippen molar-refractivity contribution in [3.63, 3.8) is 0 Å². The van der Waals surface area contributed by atoms with Crippen molar-refractivity contribution >= 4 is 64.8 Å². The van der Waals surface area contributed by atoms with Crippen molar-refractivity contribution in [2.45, 2.75) is 0 Å². The maximum Gasteiger partial charge on any atom is 0.234 e. The summed E-state index contributed by atoms with van der Waals surface area (Å²) in [5.41, 5.74) is 9.49. The van der Waals surface area contributed by atoms with Crippen LogP contribution in [0.25, 0.3) is 0 Å². The number of rotatable bonds is 4. The van der Waals surface area contributed by atoms with Gasteiger partial charge in [0.05, 0.1) is 22.5 Å². The van der Waals surface area contributed by atoms with E-state index in [-0.39, 0.29) is 5.96 Å². The van der Waals surface area contributed by atoms with Crippen LogP contribution in [0.3, 0.4) is 0 Å². The van der Waals surface area contributed by atoms with E-state index in [0.717, 1.165) is 0 Å². The molecule has 0 bridgehead atoms. The van der Waals surface area contributed by atoms with Crippen LogP contribution in [-0.4, -0.2) is 18.4 Å². The lowest BCUT2D eigenvalue weighted by atomic mass is 10.2. The van der Waals surface area contributed by atoms with Gasteiger partial charge in [-0.1, -0.05) is 58.5 Å². The van der Waals surface area contributed by atoms with Crippen LogP contribution < -0.4 is 11.2 Å². The van der Waals surface area contributed by atoms with Crippen molar-refractivity contribution in [1.82, 2.24) is 5.43 Å². The van der Waals surface area contributed by atoms with Crippen LogP contribution in [0.2, 0.25) is 20.1 Å². The molecule has 0 saturated carbocycles. The number of nitrogens with two attached hydrogens (primary N) is 1. The van der Waals surface area contributed by atoms with Crippen LogP contribution in [0, 0.1) is 0 Å². The predicted octanol–water partition coefficient (Wildman–Crippen LogP) is 4.57. The van der Waals surface area contributed by atoms with Crippen LogP contribution in [0.1, 0.15) is 11.1 Å². The van der Waals surface area contributed by atoms with E-state index in [0.29, 0.717) is 31.2 Å². The van der Waals surface area contributed by atoms with Crippen LogP contribution in [0.4, 0.5) is 0 Å². The van der Waals surface area contributed by atoms with Crippen molar-refractivity contribution < 1.29 is 0 Å². The van der Waals surface area contributed by atoms with Gasteiger partial charge < -0.3 is 5.73 Å². The van der Waals surface area contributed by atoms with E-state index in [4.69, 9.17) is 52.1 Å². The molecule has 2 aromatic rings. The van der Waals surface area contributed by atoms with Crippen molar-refractivity contribution in [2.75, 3.05) is 0 Å². The maximum absolute atomic E-state index is 6.01. The molecule has 0 fully saturated rings. The average Bonchev–Trinajstić information content (AvgIpc) is 2.51. The predicted molar refractivity (Wildman–Crippen MR) is 103 cm³/mol. The molecule has 124 valence electrons. The Bertz CT molecular complexity index is 818. The minimum Gasteiger partial charge on any atom is -0.367 e. The minimum atomic E-state index is -0.00216. The zero-order chi connectivity index (χ0) is 17.5. The first kappa shape index (κ1) is 18.5. The Balaban J connectivity index is 1.96. The quantitative estimate of drug-likeness (QED) is 0.446. The second-order valence-electron chi connectivity index (χ2n) is 4.43. The molecule has 0 aliphatic carbocycles. The number of hydrogen-bond donors (Lipinski definition) is 2. The summed E-state index contributed by atoms with van der Waals surface area (Å²) in [6, 6.07) is 10.1. The molecule has 0 aliphatic heterocycles. The minimum absolute atomic E-state index is 0.00216. The molecular formula is C15H11Cl4N5. The van der Waals surface area contributed by atoms with E-state index < -0.39 is 0 Å². The summed E-state index contributed by atoms with van der Waals surface area (Å²) >= 11 is 23.6.